The number of esters is 2. The van der Waals surface area contributed by atoms with Crippen LogP contribution >= 0.6 is 7.82 Å². The van der Waals surface area contributed by atoms with Gasteiger partial charge in [0.15, 0.2) is 6.10 Å². The molecule has 10 heteroatoms. The fourth-order valence-electron chi connectivity index (χ4n) is 8.08. The Balaban J connectivity index is 3.95. The van der Waals surface area contributed by atoms with E-state index < -0.39 is 32.5 Å². The molecule has 0 fully saturated rings. The van der Waals surface area contributed by atoms with Crippen molar-refractivity contribution in [3.05, 3.63) is 134 Å². The molecule has 438 valence electrons. The van der Waals surface area contributed by atoms with E-state index in [1.165, 1.54) is 109 Å². The highest BCUT2D eigenvalue weighted by Crippen LogP contribution is 2.43. The second kappa shape index (κ2) is 61.4. The topological polar surface area (TPSA) is 134 Å². The zero-order valence-electron chi connectivity index (χ0n) is 48.9. The first kappa shape index (κ1) is 73.2. The van der Waals surface area contributed by atoms with E-state index in [1.54, 1.807) is 0 Å². The lowest BCUT2D eigenvalue weighted by atomic mass is 10.0. The van der Waals surface area contributed by atoms with Gasteiger partial charge in [-0.15, -0.1) is 0 Å². The SMILES string of the molecule is CC/C=C\C/C=C\C/C=C\C/C=C\C/C=C\C/C=C\CCCCC(=O)OC(COC(=O)CCCCCCCCCCCCCCCCCCCCC/C=C\C/C=C\C/C=C\C/C=C\C/C=C\CC)COP(=O)(O)OCCN. The molecule has 0 aromatic carbocycles. The van der Waals surface area contributed by atoms with Gasteiger partial charge in [-0.25, -0.2) is 4.57 Å². The average Bonchev–Trinajstić information content (AvgIpc) is 3.42. The van der Waals surface area contributed by atoms with Gasteiger partial charge >= 0.3 is 19.8 Å². The van der Waals surface area contributed by atoms with E-state index >= 15 is 0 Å². The van der Waals surface area contributed by atoms with E-state index in [1.807, 2.05) is 0 Å². The Bertz CT molecular complexity index is 1720. The van der Waals surface area contributed by atoms with Gasteiger partial charge in [-0.05, 0) is 109 Å². The van der Waals surface area contributed by atoms with Crippen molar-refractivity contribution in [2.75, 3.05) is 26.4 Å². The largest absolute Gasteiger partial charge is 0.472 e. The lowest BCUT2D eigenvalue weighted by Gasteiger charge is -2.19. The number of nitrogens with two attached hydrogens (primary N) is 1. The molecule has 0 radical (unpaired) electrons. The Morgan fingerprint density at radius 3 is 1.03 bits per heavy atom. The average molecular weight is 1090 g/mol. The molecule has 0 aromatic heterocycles. The van der Waals surface area contributed by atoms with Crippen molar-refractivity contribution in [2.45, 2.75) is 251 Å². The van der Waals surface area contributed by atoms with E-state index in [2.05, 4.69) is 148 Å². The summed E-state index contributed by atoms with van der Waals surface area (Å²) in [4.78, 5) is 35.2. The third-order valence-corrected chi connectivity index (χ3v) is 13.5. The Morgan fingerprint density at radius 2 is 0.675 bits per heavy atom. The van der Waals surface area contributed by atoms with Crippen LogP contribution in [0.4, 0.5) is 0 Å². The highest BCUT2D eigenvalue weighted by molar-refractivity contribution is 7.47. The van der Waals surface area contributed by atoms with Gasteiger partial charge in [-0.3, -0.25) is 18.6 Å². The van der Waals surface area contributed by atoms with Crippen LogP contribution in [0, 0.1) is 0 Å². The van der Waals surface area contributed by atoms with E-state index in [0.717, 1.165) is 103 Å². The summed E-state index contributed by atoms with van der Waals surface area (Å²) >= 11 is 0. The molecule has 0 aliphatic heterocycles. The van der Waals surface area contributed by atoms with Gasteiger partial charge < -0.3 is 20.1 Å². The maximum atomic E-state index is 12.7. The minimum absolute atomic E-state index is 0.0404. The maximum absolute atomic E-state index is 12.7. The smallest absolute Gasteiger partial charge is 0.462 e. The molecule has 77 heavy (non-hydrogen) atoms. The number of carbonyl (C=O) groups is 2. The first-order chi connectivity index (χ1) is 37.8. The first-order valence-corrected chi connectivity index (χ1v) is 32.2. The molecule has 0 amide bonds. The van der Waals surface area contributed by atoms with Gasteiger partial charge in [0.2, 0.25) is 0 Å². The quantitative estimate of drug-likeness (QED) is 0.0264. The number of ether oxygens (including phenoxy) is 2. The Hall–Kier alpha value is -3.85. The van der Waals surface area contributed by atoms with Crippen molar-refractivity contribution in [2.24, 2.45) is 5.73 Å². The number of carbonyl (C=O) groups excluding carboxylic acids is 2. The normalized spacial score (nSPS) is 14.0. The zero-order valence-corrected chi connectivity index (χ0v) is 49.8. The fourth-order valence-corrected chi connectivity index (χ4v) is 8.84. The standard InChI is InChI=1S/C67H112NO8P/c1-3-5-7-9-11-13-15-17-19-21-23-25-26-27-28-29-30-31-32-33-34-35-36-37-38-40-41-43-45-47-49-51-53-55-57-59-66(69)73-63-65(64-75-77(71,72)74-62-61-68)76-67(70)60-58-56-54-52-50-48-46-44-42-39-24-22-20-18-16-14-12-10-8-6-4-2/h5-8,11-14,17-20,23-25,27-28,39,44,46,50,52,65H,3-4,9-10,15-16,21-22,26,29-38,40-43,45,47-49,51,53-64,68H2,1-2H3,(H,71,72)/b7-5-,8-6-,13-11-,14-12-,19-17-,20-18-,25-23-,28-27-,39-24-,46-44-,52-50-. The summed E-state index contributed by atoms with van der Waals surface area (Å²) in [7, 11) is -4.41. The molecule has 2 unspecified atom stereocenters. The second-order valence-electron chi connectivity index (χ2n) is 19.8. The first-order valence-electron chi connectivity index (χ1n) is 30.7. The predicted octanol–water partition coefficient (Wildman–Crippen LogP) is 19.7. The van der Waals surface area contributed by atoms with Crippen molar-refractivity contribution in [3.8, 4) is 0 Å². The molecule has 0 saturated carbocycles. The number of allylic oxidation sites excluding steroid dienone is 22. The molecular formula is C67H112NO8P. The van der Waals surface area contributed by atoms with E-state index in [0.29, 0.717) is 6.42 Å². The van der Waals surface area contributed by atoms with Crippen molar-refractivity contribution < 1.29 is 37.6 Å². The molecule has 2 atom stereocenters. The van der Waals surface area contributed by atoms with Crippen molar-refractivity contribution in [1.82, 2.24) is 0 Å². The fraction of sp³-hybridized carbons (Fsp3) is 0.642. The lowest BCUT2D eigenvalue weighted by Crippen LogP contribution is -2.29. The van der Waals surface area contributed by atoms with Crippen molar-refractivity contribution >= 4 is 19.8 Å². The van der Waals surface area contributed by atoms with Gasteiger partial charge in [0.1, 0.15) is 6.61 Å². The summed E-state index contributed by atoms with van der Waals surface area (Å²) in [5, 5.41) is 0. The summed E-state index contributed by atoms with van der Waals surface area (Å²) in [5.41, 5.74) is 5.38. The number of hydrogen-bond donors (Lipinski definition) is 2. The summed E-state index contributed by atoms with van der Waals surface area (Å²) in [5.74, 6) is -0.881. The van der Waals surface area contributed by atoms with Crippen LogP contribution in [0.25, 0.3) is 0 Å². The lowest BCUT2D eigenvalue weighted by molar-refractivity contribution is -0.161. The third kappa shape index (κ3) is 61.2. The molecule has 0 bridgehead atoms. The van der Waals surface area contributed by atoms with Gasteiger partial charge in [-0.1, -0.05) is 257 Å². The Labute approximate surface area is 472 Å². The summed E-state index contributed by atoms with van der Waals surface area (Å²) in [6, 6.07) is 0. The number of rotatable bonds is 56. The van der Waals surface area contributed by atoms with Crippen LogP contribution in [-0.4, -0.2) is 49.3 Å². The minimum atomic E-state index is -4.41. The summed E-state index contributed by atoms with van der Waals surface area (Å²) in [6.45, 7) is 3.46. The number of phosphoric acid groups is 1. The minimum Gasteiger partial charge on any atom is -0.462 e. The second-order valence-corrected chi connectivity index (χ2v) is 21.3. The van der Waals surface area contributed by atoms with E-state index in [4.69, 9.17) is 24.3 Å². The summed E-state index contributed by atoms with van der Waals surface area (Å²) in [6.07, 6.45) is 86.7. The molecule has 0 aliphatic carbocycles. The Morgan fingerprint density at radius 1 is 0.390 bits per heavy atom. The van der Waals surface area contributed by atoms with Crippen LogP contribution < -0.4 is 5.73 Å². The third-order valence-electron chi connectivity index (χ3n) is 12.5. The molecule has 3 N–H and O–H groups in total. The monoisotopic (exact) mass is 1090 g/mol. The molecule has 0 heterocycles. The van der Waals surface area contributed by atoms with Gasteiger partial charge in [0.25, 0.3) is 0 Å². The molecule has 0 rings (SSSR count). The Kier molecular flexibility index (Phi) is 58.3. The maximum Gasteiger partial charge on any atom is 0.472 e. The predicted molar refractivity (Wildman–Crippen MR) is 330 cm³/mol. The molecule has 0 saturated heterocycles. The highest BCUT2D eigenvalue weighted by atomic mass is 31.2. The molecule has 0 aromatic rings. The molecule has 9 nitrogen and oxygen atoms in total. The zero-order chi connectivity index (χ0) is 55.9. The number of unbranched alkanes of at least 4 members (excludes halogenated alkanes) is 21. The van der Waals surface area contributed by atoms with Crippen LogP contribution in [0.1, 0.15) is 245 Å². The van der Waals surface area contributed by atoms with Gasteiger partial charge in [-0.2, -0.15) is 0 Å². The van der Waals surface area contributed by atoms with Crippen LogP contribution in [0.5, 0.6) is 0 Å². The molecular weight excluding hydrogens is 978 g/mol. The van der Waals surface area contributed by atoms with Gasteiger partial charge in [0, 0.05) is 19.4 Å². The van der Waals surface area contributed by atoms with Crippen LogP contribution in [0.2, 0.25) is 0 Å². The number of phosphoric ester groups is 1. The van der Waals surface area contributed by atoms with Crippen LogP contribution in [-0.2, 0) is 32.7 Å². The van der Waals surface area contributed by atoms with E-state index in [-0.39, 0.29) is 32.6 Å². The van der Waals surface area contributed by atoms with Crippen LogP contribution in [0.15, 0.2) is 134 Å². The highest BCUT2D eigenvalue weighted by Gasteiger charge is 2.26. The van der Waals surface area contributed by atoms with Crippen molar-refractivity contribution in [1.29, 1.82) is 0 Å². The van der Waals surface area contributed by atoms with Crippen molar-refractivity contribution in [3.63, 3.8) is 0 Å². The molecule has 0 spiro atoms. The number of hydrogen-bond acceptors (Lipinski definition) is 8. The summed E-state index contributed by atoms with van der Waals surface area (Å²) < 4.78 is 33.0. The van der Waals surface area contributed by atoms with Gasteiger partial charge in [0.05, 0.1) is 13.2 Å². The van der Waals surface area contributed by atoms with Crippen LogP contribution in [0.3, 0.4) is 0 Å². The van der Waals surface area contributed by atoms with E-state index in [9.17, 15) is 19.0 Å². The molecule has 0 aliphatic rings.